The zero-order valence-electron chi connectivity index (χ0n) is 16.7. The van der Waals surface area contributed by atoms with E-state index in [2.05, 4.69) is 74.9 Å². The van der Waals surface area contributed by atoms with E-state index in [4.69, 9.17) is 0 Å². The molecule has 1 fully saturated rings. The summed E-state index contributed by atoms with van der Waals surface area (Å²) in [6, 6.07) is 15.9. The van der Waals surface area contributed by atoms with Gasteiger partial charge in [-0.15, -0.1) is 0 Å². The minimum Gasteiger partial charge on any atom is -0.356 e. The van der Waals surface area contributed by atoms with Crippen LogP contribution in [0.4, 0.5) is 0 Å². The van der Waals surface area contributed by atoms with Gasteiger partial charge in [0.15, 0.2) is 5.96 Å². The van der Waals surface area contributed by atoms with Crippen molar-refractivity contribution in [3.05, 3.63) is 65.5 Å². The number of rotatable bonds is 6. The number of aliphatic imine (C=N–C) groups is 1. The fourth-order valence-corrected chi connectivity index (χ4v) is 3.60. The van der Waals surface area contributed by atoms with Crippen LogP contribution in [0.15, 0.2) is 53.7 Å². The summed E-state index contributed by atoms with van der Waals surface area (Å²) in [4.78, 5) is 11.3. The van der Waals surface area contributed by atoms with Crippen LogP contribution in [-0.2, 0) is 13.0 Å². The number of guanidine groups is 1. The third-order valence-electron chi connectivity index (χ3n) is 5.18. The number of likely N-dealkylation sites (tertiary alicyclic amines) is 1. The van der Waals surface area contributed by atoms with E-state index in [-0.39, 0.29) is 0 Å². The third-order valence-corrected chi connectivity index (χ3v) is 5.18. The summed E-state index contributed by atoms with van der Waals surface area (Å²) in [7, 11) is 1.84. The van der Waals surface area contributed by atoms with Crippen LogP contribution < -0.4 is 10.6 Å². The molecule has 2 heterocycles. The van der Waals surface area contributed by atoms with Crippen LogP contribution in [0.1, 0.15) is 30.2 Å². The van der Waals surface area contributed by atoms with Crippen LogP contribution in [0.2, 0.25) is 0 Å². The first-order chi connectivity index (χ1) is 13.1. The largest absolute Gasteiger partial charge is 0.356 e. The number of nitrogens with one attached hydrogen (secondary N) is 2. The standard InChI is InChI=1S/C22H31N5/c1-17-9-10-19(14-25-17)11-12-24-22(23-3)26-21-13-18(2)27(16-21)15-20-7-5-4-6-8-20/h4-10,14,18,21H,11-13,15-16H2,1-3H3,(H2,23,24,26). The molecule has 1 aliphatic heterocycles. The van der Waals surface area contributed by atoms with E-state index in [0.29, 0.717) is 12.1 Å². The van der Waals surface area contributed by atoms with Gasteiger partial charge in [0.2, 0.25) is 0 Å². The lowest BCUT2D eigenvalue weighted by Gasteiger charge is -2.21. The van der Waals surface area contributed by atoms with E-state index in [9.17, 15) is 0 Å². The summed E-state index contributed by atoms with van der Waals surface area (Å²) in [5.41, 5.74) is 3.67. The van der Waals surface area contributed by atoms with Crippen molar-refractivity contribution < 1.29 is 0 Å². The van der Waals surface area contributed by atoms with Gasteiger partial charge in [-0.05, 0) is 43.9 Å². The number of aromatic nitrogens is 1. The molecule has 144 valence electrons. The predicted molar refractivity (Wildman–Crippen MR) is 112 cm³/mol. The highest BCUT2D eigenvalue weighted by Gasteiger charge is 2.29. The van der Waals surface area contributed by atoms with E-state index in [1.165, 1.54) is 11.1 Å². The average molecular weight is 366 g/mol. The lowest BCUT2D eigenvalue weighted by molar-refractivity contribution is 0.258. The van der Waals surface area contributed by atoms with Gasteiger partial charge >= 0.3 is 0 Å². The summed E-state index contributed by atoms with van der Waals surface area (Å²) in [6.07, 6.45) is 4.03. The maximum absolute atomic E-state index is 4.39. The Morgan fingerprint density at radius 2 is 2.00 bits per heavy atom. The molecule has 2 aromatic rings. The van der Waals surface area contributed by atoms with Gasteiger partial charge in [-0.3, -0.25) is 14.9 Å². The van der Waals surface area contributed by atoms with Gasteiger partial charge in [0.05, 0.1) is 0 Å². The van der Waals surface area contributed by atoms with Gasteiger partial charge in [-0.2, -0.15) is 0 Å². The van der Waals surface area contributed by atoms with E-state index >= 15 is 0 Å². The van der Waals surface area contributed by atoms with E-state index in [1.54, 1.807) is 0 Å². The molecule has 1 aliphatic rings. The van der Waals surface area contributed by atoms with Crippen molar-refractivity contribution in [2.75, 3.05) is 20.1 Å². The van der Waals surface area contributed by atoms with Crippen LogP contribution in [0.3, 0.4) is 0 Å². The number of hydrogen-bond acceptors (Lipinski definition) is 3. The molecule has 5 heteroatoms. The molecular formula is C22H31N5. The Morgan fingerprint density at radius 1 is 1.19 bits per heavy atom. The van der Waals surface area contributed by atoms with Gasteiger partial charge in [0.25, 0.3) is 0 Å². The zero-order chi connectivity index (χ0) is 19.1. The van der Waals surface area contributed by atoms with Crippen molar-refractivity contribution in [1.82, 2.24) is 20.5 Å². The molecule has 2 N–H and O–H groups in total. The van der Waals surface area contributed by atoms with Crippen LogP contribution in [0.5, 0.6) is 0 Å². The Morgan fingerprint density at radius 3 is 2.70 bits per heavy atom. The SMILES string of the molecule is CN=C(NCCc1ccc(C)nc1)NC1CC(C)N(Cc2ccccc2)C1. The molecule has 0 amide bonds. The molecule has 0 spiro atoms. The third kappa shape index (κ3) is 5.79. The molecule has 1 aromatic heterocycles. The predicted octanol–water partition coefficient (Wildman–Crippen LogP) is 2.76. The highest BCUT2D eigenvalue weighted by atomic mass is 15.3. The zero-order valence-corrected chi connectivity index (χ0v) is 16.7. The number of pyridine rings is 1. The smallest absolute Gasteiger partial charge is 0.191 e. The molecule has 0 saturated carbocycles. The van der Waals surface area contributed by atoms with Gasteiger partial charge in [0.1, 0.15) is 0 Å². The van der Waals surface area contributed by atoms with Crippen molar-refractivity contribution >= 4 is 5.96 Å². The maximum Gasteiger partial charge on any atom is 0.191 e. The fraction of sp³-hybridized carbons (Fsp3) is 0.455. The summed E-state index contributed by atoms with van der Waals surface area (Å²) in [5, 5.41) is 7.02. The molecule has 0 aliphatic carbocycles. The second kappa shape index (κ2) is 9.51. The van der Waals surface area contributed by atoms with Crippen molar-refractivity contribution in [3.8, 4) is 0 Å². The Labute approximate surface area is 162 Å². The normalized spacial score (nSPS) is 20.6. The molecule has 5 nitrogen and oxygen atoms in total. The number of benzene rings is 1. The first kappa shape index (κ1) is 19.4. The van der Waals surface area contributed by atoms with Gasteiger partial charge < -0.3 is 10.6 Å². The second-order valence-corrected chi connectivity index (χ2v) is 7.40. The summed E-state index contributed by atoms with van der Waals surface area (Å²) in [6.45, 7) is 7.22. The highest BCUT2D eigenvalue weighted by Crippen LogP contribution is 2.20. The van der Waals surface area contributed by atoms with Crippen LogP contribution in [0.25, 0.3) is 0 Å². The lowest BCUT2D eigenvalue weighted by Crippen LogP contribution is -2.45. The minimum atomic E-state index is 0.427. The van der Waals surface area contributed by atoms with E-state index < -0.39 is 0 Å². The molecular weight excluding hydrogens is 334 g/mol. The summed E-state index contributed by atoms with van der Waals surface area (Å²) in [5.74, 6) is 0.883. The first-order valence-electron chi connectivity index (χ1n) is 9.80. The second-order valence-electron chi connectivity index (χ2n) is 7.40. The number of nitrogens with zero attached hydrogens (tertiary/aromatic N) is 3. The Bertz CT molecular complexity index is 726. The molecule has 0 bridgehead atoms. The van der Waals surface area contributed by atoms with Crippen molar-refractivity contribution in [3.63, 3.8) is 0 Å². The molecule has 3 rings (SSSR count). The monoisotopic (exact) mass is 365 g/mol. The maximum atomic E-state index is 4.39. The Balaban J connectivity index is 1.45. The van der Waals surface area contributed by atoms with Crippen molar-refractivity contribution in [1.29, 1.82) is 0 Å². The van der Waals surface area contributed by atoms with Crippen LogP contribution >= 0.6 is 0 Å². The topological polar surface area (TPSA) is 52.6 Å². The fourth-order valence-electron chi connectivity index (χ4n) is 3.60. The van der Waals surface area contributed by atoms with E-state index in [0.717, 1.165) is 44.1 Å². The van der Waals surface area contributed by atoms with Crippen LogP contribution in [-0.4, -0.2) is 48.1 Å². The highest BCUT2D eigenvalue weighted by molar-refractivity contribution is 5.80. The molecule has 1 saturated heterocycles. The van der Waals surface area contributed by atoms with Gasteiger partial charge in [-0.25, -0.2) is 0 Å². The lowest BCUT2D eigenvalue weighted by atomic mass is 10.2. The summed E-state index contributed by atoms with van der Waals surface area (Å²) < 4.78 is 0. The van der Waals surface area contributed by atoms with Crippen LogP contribution in [0, 0.1) is 6.92 Å². The minimum absolute atomic E-state index is 0.427. The Hall–Kier alpha value is -2.40. The number of hydrogen-bond donors (Lipinski definition) is 2. The van der Waals surface area contributed by atoms with Crippen molar-refractivity contribution in [2.24, 2.45) is 4.99 Å². The first-order valence-corrected chi connectivity index (χ1v) is 9.80. The molecule has 27 heavy (non-hydrogen) atoms. The Kier molecular flexibility index (Phi) is 6.82. The molecule has 0 radical (unpaired) electrons. The van der Waals surface area contributed by atoms with E-state index in [1.807, 2.05) is 20.2 Å². The summed E-state index contributed by atoms with van der Waals surface area (Å²) >= 11 is 0. The average Bonchev–Trinajstić information content (AvgIpc) is 3.02. The molecule has 2 atom stereocenters. The quantitative estimate of drug-likeness (QED) is 0.611. The van der Waals surface area contributed by atoms with Crippen molar-refractivity contribution in [2.45, 2.75) is 45.3 Å². The molecule has 2 unspecified atom stereocenters. The molecule has 1 aromatic carbocycles. The van der Waals surface area contributed by atoms with Gasteiger partial charge in [-0.1, -0.05) is 36.4 Å². The van der Waals surface area contributed by atoms with Gasteiger partial charge in [0, 0.05) is 50.7 Å². The number of aryl methyl sites for hydroxylation is 1.